The van der Waals surface area contributed by atoms with Gasteiger partial charge in [-0.3, -0.25) is 4.79 Å². The quantitative estimate of drug-likeness (QED) is 0.723. The first kappa shape index (κ1) is 17.0. The van der Waals surface area contributed by atoms with E-state index in [0.29, 0.717) is 18.8 Å². The second-order valence-corrected chi connectivity index (χ2v) is 5.78. The lowest BCUT2D eigenvalue weighted by Crippen LogP contribution is -2.24. The van der Waals surface area contributed by atoms with E-state index in [1.807, 2.05) is 61.5 Å². The molecule has 0 saturated heterocycles. The Morgan fingerprint density at radius 3 is 2.52 bits per heavy atom. The molecule has 1 aromatic heterocycles. The second kappa shape index (κ2) is 7.85. The average molecular weight is 356 g/mol. The van der Waals surface area contributed by atoms with E-state index in [1.165, 1.54) is 4.68 Å². The van der Waals surface area contributed by atoms with Crippen molar-refractivity contribution in [3.8, 4) is 5.75 Å². The molecule has 0 atom stereocenters. The first-order chi connectivity index (χ1) is 12.2. The summed E-state index contributed by atoms with van der Waals surface area (Å²) in [6.07, 6.45) is 1.56. The number of rotatable bonds is 6. The SMILES string of the molecule is CCOc1ccc(Nc2cnn(Cc3ccccc3)c(=O)c2Cl)cc1. The van der Waals surface area contributed by atoms with E-state index >= 15 is 0 Å². The molecule has 0 fully saturated rings. The highest BCUT2D eigenvalue weighted by molar-refractivity contribution is 6.33. The van der Waals surface area contributed by atoms with E-state index in [2.05, 4.69) is 10.4 Å². The summed E-state index contributed by atoms with van der Waals surface area (Å²) in [6.45, 7) is 2.92. The third kappa shape index (κ3) is 4.19. The second-order valence-electron chi connectivity index (χ2n) is 5.40. The van der Waals surface area contributed by atoms with E-state index in [4.69, 9.17) is 16.3 Å². The maximum Gasteiger partial charge on any atom is 0.287 e. The molecule has 0 aliphatic carbocycles. The molecule has 0 aliphatic heterocycles. The summed E-state index contributed by atoms with van der Waals surface area (Å²) in [5.41, 5.74) is 1.93. The van der Waals surface area contributed by atoms with Gasteiger partial charge in [-0.15, -0.1) is 0 Å². The van der Waals surface area contributed by atoms with Crippen molar-refractivity contribution >= 4 is 23.0 Å². The van der Waals surface area contributed by atoms with E-state index in [0.717, 1.165) is 17.0 Å². The van der Waals surface area contributed by atoms with Crippen LogP contribution in [0, 0.1) is 0 Å². The number of nitrogens with one attached hydrogen (secondary N) is 1. The van der Waals surface area contributed by atoms with E-state index in [9.17, 15) is 4.79 Å². The van der Waals surface area contributed by atoms with Gasteiger partial charge in [0.15, 0.2) is 0 Å². The van der Waals surface area contributed by atoms with Crippen LogP contribution in [0.1, 0.15) is 12.5 Å². The van der Waals surface area contributed by atoms with Gasteiger partial charge >= 0.3 is 0 Å². The zero-order chi connectivity index (χ0) is 17.6. The van der Waals surface area contributed by atoms with Crippen LogP contribution in [-0.4, -0.2) is 16.4 Å². The number of aromatic nitrogens is 2. The maximum absolute atomic E-state index is 12.4. The number of hydrogen-bond donors (Lipinski definition) is 1. The largest absolute Gasteiger partial charge is 0.494 e. The van der Waals surface area contributed by atoms with Gasteiger partial charge in [-0.2, -0.15) is 5.10 Å². The molecule has 128 valence electrons. The van der Waals surface area contributed by atoms with Crippen molar-refractivity contribution in [3.63, 3.8) is 0 Å². The Kier molecular flexibility index (Phi) is 5.36. The summed E-state index contributed by atoms with van der Waals surface area (Å²) in [6, 6.07) is 17.1. The number of hydrogen-bond acceptors (Lipinski definition) is 4. The van der Waals surface area contributed by atoms with Crippen LogP contribution in [-0.2, 0) is 6.54 Å². The summed E-state index contributed by atoms with van der Waals surface area (Å²) in [5, 5.41) is 7.43. The van der Waals surface area contributed by atoms with Crippen LogP contribution in [0.3, 0.4) is 0 Å². The molecule has 0 unspecified atom stereocenters. The minimum absolute atomic E-state index is 0.111. The summed E-state index contributed by atoms with van der Waals surface area (Å²) < 4.78 is 6.75. The molecule has 6 heteroatoms. The fourth-order valence-corrected chi connectivity index (χ4v) is 2.57. The fraction of sp³-hybridized carbons (Fsp3) is 0.158. The van der Waals surface area contributed by atoms with E-state index in [1.54, 1.807) is 6.20 Å². The number of halogens is 1. The van der Waals surface area contributed by atoms with Crippen LogP contribution in [0.2, 0.25) is 5.02 Å². The highest BCUT2D eigenvalue weighted by Crippen LogP contribution is 2.23. The molecule has 0 amide bonds. The summed E-state index contributed by atoms with van der Waals surface area (Å²) in [7, 11) is 0. The molecule has 5 nitrogen and oxygen atoms in total. The van der Waals surface area contributed by atoms with Gasteiger partial charge in [0.05, 0.1) is 25.0 Å². The molecule has 0 saturated carbocycles. The fourth-order valence-electron chi connectivity index (χ4n) is 2.38. The molecule has 3 rings (SSSR count). The Morgan fingerprint density at radius 2 is 1.84 bits per heavy atom. The van der Waals surface area contributed by atoms with Crippen molar-refractivity contribution < 1.29 is 4.74 Å². The van der Waals surface area contributed by atoms with Gasteiger partial charge in [-0.25, -0.2) is 4.68 Å². The highest BCUT2D eigenvalue weighted by atomic mass is 35.5. The molecule has 0 bridgehead atoms. The molecular weight excluding hydrogens is 338 g/mol. The van der Waals surface area contributed by atoms with Gasteiger partial charge in [-0.1, -0.05) is 41.9 Å². The zero-order valence-electron chi connectivity index (χ0n) is 13.8. The van der Waals surface area contributed by atoms with Crippen molar-refractivity contribution in [2.75, 3.05) is 11.9 Å². The van der Waals surface area contributed by atoms with Gasteiger partial charge in [0.2, 0.25) is 0 Å². The summed E-state index contributed by atoms with van der Waals surface area (Å²) >= 11 is 6.23. The Balaban J connectivity index is 1.79. The monoisotopic (exact) mass is 355 g/mol. The van der Waals surface area contributed by atoms with E-state index < -0.39 is 0 Å². The standard InChI is InChI=1S/C19H18ClN3O2/c1-2-25-16-10-8-15(9-11-16)22-17-12-21-23(19(24)18(17)20)13-14-6-4-3-5-7-14/h3-12,22H,2,13H2,1H3. The van der Waals surface area contributed by atoms with Crippen LogP contribution in [0.4, 0.5) is 11.4 Å². The predicted octanol–water partition coefficient (Wildman–Crippen LogP) is 4.09. The van der Waals surface area contributed by atoms with Gasteiger partial charge < -0.3 is 10.1 Å². The lowest BCUT2D eigenvalue weighted by molar-refractivity contribution is 0.340. The van der Waals surface area contributed by atoms with Crippen LogP contribution >= 0.6 is 11.6 Å². The maximum atomic E-state index is 12.4. The van der Waals surface area contributed by atoms with Crippen molar-refractivity contribution in [2.45, 2.75) is 13.5 Å². The third-order valence-electron chi connectivity index (χ3n) is 3.60. The van der Waals surface area contributed by atoms with Crippen LogP contribution < -0.4 is 15.6 Å². The van der Waals surface area contributed by atoms with Gasteiger partial charge in [-0.05, 0) is 36.8 Å². The van der Waals surface area contributed by atoms with Gasteiger partial charge in [0, 0.05) is 5.69 Å². The number of nitrogens with zero attached hydrogens (tertiary/aromatic N) is 2. The summed E-state index contributed by atoms with van der Waals surface area (Å²) in [4.78, 5) is 12.4. The minimum Gasteiger partial charge on any atom is -0.494 e. The normalized spacial score (nSPS) is 10.5. The number of benzene rings is 2. The Hall–Kier alpha value is -2.79. The van der Waals surface area contributed by atoms with Crippen LogP contribution in [0.25, 0.3) is 0 Å². The molecule has 1 heterocycles. The Bertz CT molecular complexity index is 893. The molecule has 25 heavy (non-hydrogen) atoms. The summed E-state index contributed by atoms with van der Waals surface area (Å²) in [5.74, 6) is 0.788. The molecule has 1 N–H and O–H groups in total. The van der Waals surface area contributed by atoms with Crippen LogP contribution in [0.15, 0.2) is 65.6 Å². The van der Waals surface area contributed by atoms with E-state index in [-0.39, 0.29) is 10.6 Å². The topological polar surface area (TPSA) is 56.1 Å². The van der Waals surface area contributed by atoms with Crippen molar-refractivity contribution in [3.05, 3.63) is 81.7 Å². The molecule has 2 aromatic carbocycles. The van der Waals surface area contributed by atoms with Crippen molar-refractivity contribution in [1.82, 2.24) is 9.78 Å². The lowest BCUT2D eigenvalue weighted by atomic mass is 10.2. The lowest BCUT2D eigenvalue weighted by Gasteiger charge is -2.11. The molecular formula is C19H18ClN3O2. The predicted molar refractivity (Wildman–Crippen MR) is 99.9 cm³/mol. The number of ether oxygens (including phenoxy) is 1. The minimum atomic E-state index is -0.332. The molecule has 3 aromatic rings. The van der Waals surface area contributed by atoms with Gasteiger partial charge in [0.1, 0.15) is 10.8 Å². The third-order valence-corrected chi connectivity index (χ3v) is 3.97. The van der Waals surface area contributed by atoms with Gasteiger partial charge in [0.25, 0.3) is 5.56 Å². The Labute approximate surface area is 150 Å². The first-order valence-corrected chi connectivity index (χ1v) is 8.34. The number of anilines is 2. The smallest absolute Gasteiger partial charge is 0.287 e. The average Bonchev–Trinajstić information content (AvgIpc) is 2.64. The molecule has 0 radical (unpaired) electrons. The molecule has 0 aliphatic rings. The first-order valence-electron chi connectivity index (χ1n) is 7.97. The molecule has 0 spiro atoms. The van der Waals surface area contributed by atoms with Crippen molar-refractivity contribution in [1.29, 1.82) is 0 Å². The zero-order valence-corrected chi connectivity index (χ0v) is 14.5. The van der Waals surface area contributed by atoms with Crippen LogP contribution in [0.5, 0.6) is 5.75 Å². The van der Waals surface area contributed by atoms with Crippen molar-refractivity contribution in [2.24, 2.45) is 0 Å². The highest BCUT2D eigenvalue weighted by Gasteiger charge is 2.10. The Morgan fingerprint density at radius 1 is 1.12 bits per heavy atom.